The Balaban J connectivity index is 0.000000447. The molecular weight excluding hydrogens is 1500 g/mol. The van der Waals surface area contributed by atoms with Crippen molar-refractivity contribution in [3.05, 3.63) is 61.4 Å². The van der Waals surface area contributed by atoms with Gasteiger partial charge in [0.25, 0.3) is 0 Å². The summed E-state index contributed by atoms with van der Waals surface area (Å²) in [5.74, 6) is 0.917. The number of azide groups is 1. The molecule has 6 fully saturated rings. The summed E-state index contributed by atoms with van der Waals surface area (Å²) in [5.41, 5.74) is 12.3. The van der Waals surface area contributed by atoms with Gasteiger partial charge in [-0.1, -0.05) is 53.3 Å². The Hall–Kier alpha value is -7.57. The summed E-state index contributed by atoms with van der Waals surface area (Å²) in [6, 6.07) is 3.00. The SMILES string of the molecule is CC(C)(C)OC(=O)N1CCC(C=O)C1.CC(C)(C)OC(=O)N1CCC(CN)C1.CC(C)(C)OC(=O)N1CCC(CN=[N+]=[N-])C1.CC(C)(C)OC(=O)N1CCC(CO)C1.CCC1CCN(C(=O)OC(C)(C)C)C1.CCOC(=O)c1cnc(Cl)cc1Cl.CCOC(=O)c1cnc(Cl)cc1NCC1CCN(C(=O)OC(C)(C)C)C1. The van der Waals surface area contributed by atoms with Crippen molar-refractivity contribution in [2.24, 2.45) is 46.4 Å². The molecule has 6 unspecified atom stereocenters. The van der Waals surface area contributed by atoms with Crippen molar-refractivity contribution >= 4 is 95.3 Å². The van der Waals surface area contributed by atoms with Gasteiger partial charge >= 0.3 is 48.5 Å². The molecule has 6 amide bonds. The van der Waals surface area contributed by atoms with Crippen molar-refractivity contribution in [3.63, 3.8) is 0 Å². The quantitative estimate of drug-likeness (QED) is 0.0319. The Morgan fingerprint density at radius 1 is 0.505 bits per heavy atom. The van der Waals surface area contributed by atoms with Crippen molar-refractivity contribution < 1.29 is 86.2 Å². The van der Waals surface area contributed by atoms with Gasteiger partial charge in [-0.05, 0) is 225 Å². The van der Waals surface area contributed by atoms with Crippen LogP contribution in [0.4, 0.5) is 34.5 Å². The van der Waals surface area contributed by atoms with Gasteiger partial charge in [-0.3, -0.25) is 0 Å². The summed E-state index contributed by atoms with van der Waals surface area (Å²) < 4.78 is 41.4. The molecule has 2 aromatic rings. The predicted molar refractivity (Wildman–Crippen MR) is 426 cm³/mol. The number of pyridine rings is 2. The molecule has 111 heavy (non-hydrogen) atoms. The monoisotopic (exact) mass is 1630 g/mol. The number of aromatic nitrogens is 2. The highest BCUT2D eigenvalue weighted by Gasteiger charge is 2.35. The molecule has 6 aliphatic heterocycles. The molecule has 2 aromatic heterocycles. The number of carbonyl (C=O) groups is 9. The minimum Gasteiger partial charge on any atom is -0.462 e. The number of amides is 6. The molecule has 630 valence electrons. The molecule has 0 spiro atoms. The number of aldehydes is 1. The molecule has 4 N–H and O–H groups in total. The van der Waals surface area contributed by atoms with E-state index in [1.165, 1.54) is 18.5 Å². The van der Waals surface area contributed by atoms with Gasteiger partial charge in [-0.15, -0.1) is 0 Å². The number of anilines is 1. The molecule has 0 bridgehead atoms. The van der Waals surface area contributed by atoms with E-state index in [0.717, 1.165) is 77.4 Å². The predicted octanol–water partition coefficient (Wildman–Crippen LogP) is 15.2. The van der Waals surface area contributed by atoms with E-state index < -0.39 is 39.9 Å². The van der Waals surface area contributed by atoms with Gasteiger partial charge in [0, 0.05) is 127 Å². The number of nitrogens with zero attached hydrogens (tertiary/aromatic N) is 11. The van der Waals surface area contributed by atoms with Gasteiger partial charge in [0.05, 0.1) is 29.5 Å². The van der Waals surface area contributed by atoms with Crippen LogP contribution >= 0.6 is 34.8 Å². The topological polar surface area (TPSA) is 380 Å². The Morgan fingerprint density at radius 2 is 0.829 bits per heavy atom. The Kier molecular flexibility index (Phi) is 42.3. The Bertz CT molecular complexity index is 3220. The smallest absolute Gasteiger partial charge is 0.410 e. The molecule has 34 heteroatoms. The van der Waals surface area contributed by atoms with E-state index in [4.69, 9.17) is 89.1 Å². The minimum atomic E-state index is -0.504. The fourth-order valence-corrected chi connectivity index (χ4v) is 11.7. The number of esters is 2. The maximum atomic E-state index is 12.1. The zero-order valence-electron chi connectivity index (χ0n) is 69.5. The number of hydrogen-bond donors (Lipinski definition) is 3. The van der Waals surface area contributed by atoms with Crippen molar-refractivity contribution in [1.29, 1.82) is 0 Å². The maximum absolute atomic E-state index is 12.1. The van der Waals surface area contributed by atoms with Crippen molar-refractivity contribution in [2.45, 2.75) is 224 Å². The number of nitrogens with two attached hydrogens (primary N) is 1. The van der Waals surface area contributed by atoms with E-state index in [9.17, 15) is 43.2 Å². The van der Waals surface area contributed by atoms with Gasteiger partial charge in [-0.25, -0.2) is 48.3 Å². The highest BCUT2D eigenvalue weighted by molar-refractivity contribution is 6.36. The average molecular weight is 1630 g/mol. The van der Waals surface area contributed by atoms with E-state index in [-0.39, 0.29) is 94.8 Å². The van der Waals surface area contributed by atoms with Gasteiger partial charge in [0.2, 0.25) is 0 Å². The second-order valence-corrected chi connectivity index (χ2v) is 34.8. The van der Waals surface area contributed by atoms with E-state index in [1.807, 2.05) is 130 Å². The molecule has 8 rings (SSSR count). The van der Waals surface area contributed by atoms with Gasteiger partial charge < -0.3 is 88.2 Å². The summed E-state index contributed by atoms with van der Waals surface area (Å²) in [5, 5.41) is 16.5. The highest BCUT2D eigenvalue weighted by Crippen LogP contribution is 2.28. The standard InChI is InChI=1S/C18H26ClN3O4.C11H21NO2.C10H18N4O2.C10H20N2O2.C10H19NO3.C10H17NO3.C8H7Cl2NO2/c1-5-25-16(23)13-10-21-15(19)8-14(13)20-9-12-6-7-22(11-12)17(24)26-18(2,3)4;1-5-9-6-7-12(8-9)10(13)14-11(2,3)4;1-10(2,3)16-9(15)14-5-4-8(7-14)6-12-13-11;1-10(2,3)14-9(13)12-5-4-8(6-11)7-12;2*1-10(2,3)14-9(13)11-5-4-8(6-11)7-12;1-2-13-8(12)5-4-11-7(10)3-6(5)9/h8,10,12H,5-7,9,11H2,1-4H3,(H,20,21);9H,5-8H2,1-4H3;8H,4-7H2,1-3H3;8H,4-7,11H2,1-3H3;8,12H,4-7H2,1-3H3;7-8H,4-6H2,1-3H3;3-4H,2H2,1H3. The van der Waals surface area contributed by atoms with Gasteiger partial charge in [-0.2, -0.15) is 0 Å². The van der Waals surface area contributed by atoms with Crippen LogP contribution in [0, 0.1) is 35.5 Å². The summed E-state index contributed by atoms with van der Waals surface area (Å²) >= 11 is 17.2. The number of hydrogen-bond acceptors (Lipinski definition) is 23. The second kappa shape index (κ2) is 47.2. The lowest BCUT2D eigenvalue weighted by molar-refractivity contribution is -0.110. The van der Waals surface area contributed by atoms with Crippen LogP contribution in [0.5, 0.6) is 0 Å². The summed E-state index contributed by atoms with van der Waals surface area (Å²) in [4.78, 5) is 124. The van der Waals surface area contributed by atoms with Crippen LogP contribution in [0.1, 0.15) is 211 Å². The number of ether oxygens (including phenoxy) is 8. The zero-order chi connectivity index (χ0) is 84.4. The normalized spacial score (nSPS) is 19.4. The van der Waals surface area contributed by atoms with E-state index in [2.05, 4.69) is 32.2 Å². The fourth-order valence-electron chi connectivity index (χ4n) is 11.1. The first-order valence-corrected chi connectivity index (χ1v) is 39.3. The van der Waals surface area contributed by atoms with Crippen LogP contribution in [0.3, 0.4) is 0 Å². The van der Waals surface area contributed by atoms with Gasteiger partial charge in [0.1, 0.15) is 55.8 Å². The Morgan fingerprint density at radius 3 is 1.16 bits per heavy atom. The highest BCUT2D eigenvalue weighted by atomic mass is 35.5. The zero-order valence-corrected chi connectivity index (χ0v) is 71.8. The summed E-state index contributed by atoms with van der Waals surface area (Å²) in [6.07, 6.45) is 8.70. The third-order valence-corrected chi connectivity index (χ3v) is 17.3. The van der Waals surface area contributed by atoms with Crippen molar-refractivity contribution in [1.82, 2.24) is 39.4 Å². The third kappa shape index (κ3) is 41.7. The first kappa shape index (κ1) is 99.5. The van der Waals surface area contributed by atoms with E-state index >= 15 is 0 Å². The number of likely N-dealkylation sites (tertiary alicyclic amines) is 6. The number of rotatable bonds is 13. The van der Waals surface area contributed by atoms with Crippen LogP contribution in [0.2, 0.25) is 15.3 Å². The average Bonchev–Trinajstić information content (AvgIpc) is 1.75. The van der Waals surface area contributed by atoms with E-state index in [1.54, 1.807) is 44.4 Å². The lowest BCUT2D eigenvalue weighted by Crippen LogP contribution is -2.35. The van der Waals surface area contributed by atoms with Crippen LogP contribution < -0.4 is 11.1 Å². The molecule has 0 radical (unpaired) electrons. The minimum absolute atomic E-state index is 0.0116. The molecule has 0 aliphatic carbocycles. The number of nitrogens with one attached hydrogen (secondary N) is 1. The Labute approximate surface area is 672 Å². The summed E-state index contributed by atoms with van der Waals surface area (Å²) in [7, 11) is 0. The third-order valence-electron chi connectivity index (χ3n) is 16.6. The van der Waals surface area contributed by atoms with Crippen LogP contribution in [0.15, 0.2) is 29.6 Å². The lowest BCUT2D eigenvalue weighted by atomic mass is 10.1. The first-order chi connectivity index (χ1) is 51.4. The van der Waals surface area contributed by atoms with Crippen molar-refractivity contribution in [3.8, 4) is 0 Å². The first-order valence-electron chi connectivity index (χ1n) is 38.1. The number of carbonyl (C=O) groups excluding carboxylic acids is 9. The van der Waals surface area contributed by atoms with Crippen LogP contribution in [-0.4, -0.2) is 251 Å². The maximum Gasteiger partial charge on any atom is 0.410 e. The van der Waals surface area contributed by atoms with Crippen LogP contribution in [0.25, 0.3) is 10.4 Å². The number of aliphatic hydroxyl groups is 1. The van der Waals surface area contributed by atoms with Gasteiger partial charge in [0.15, 0.2) is 0 Å². The lowest BCUT2D eigenvalue weighted by Gasteiger charge is -2.24. The molecule has 31 nitrogen and oxygen atoms in total. The molecule has 0 aromatic carbocycles. The molecule has 8 heterocycles. The largest absolute Gasteiger partial charge is 0.462 e. The van der Waals surface area contributed by atoms with Crippen LogP contribution in [-0.2, 0) is 42.7 Å². The summed E-state index contributed by atoms with van der Waals surface area (Å²) in [6.45, 7) is 49.8. The molecule has 6 atom stereocenters. The number of aliphatic hydroxyl groups excluding tert-OH is 1. The molecule has 6 aliphatic rings. The molecule has 6 saturated heterocycles. The molecular formula is C77H128Cl3N13O18. The number of halogens is 3. The van der Waals surface area contributed by atoms with Crippen molar-refractivity contribution in [2.75, 3.05) is 123 Å². The fraction of sp³-hybridized carbons (Fsp3) is 0.753. The molecule has 0 saturated carbocycles. The second-order valence-electron chi connectivity index (χ2n) is 33.6. The van der Waals surface area contributed by atoms with E-state index in [0.29, 0.717) is 107 Å².